The molecule has 3 aromatic rings. The zero-order valence-electron chi connectivity index (χ0n) is 14.9. The number of amides is 1. The Bertz CT molecular complexity index is 1040. The number of nitrogens with zero attached hydrogens (tertiary/aromatic N) is 3. The van der Waals surface area contributed by atoms with Crippen LogP contribution in [0.5, 0.6) is 0 Å². The van der Waals surface area contributed by atoms with Gasteiger partial charge in [-0.15, -0.1) is 0 Å². The van der Waals surface area contributed by atoms with E-state index in [0.29, 0.717) is 16.9 Å². The molecule has 2 aromatic carbocycles. The zero-order chi connectivity index (χ0) is 18.8. The molecule has 0 saturated heterocycles. The van der Waals surface area contributed by atoms with Crippen LogP contribution in [0.4, 0.5) is 17.1 Å². The third-order valence-electron chi connectivity index (χ3n) is 4.74. The van der Waals surface area contributed by atoms with E-state index in [-0.39, 0.29) is 11.9 Å². The van der Waals surface area contributed by atoms with Gasteiger partial charge >= 0.3 is 0 Å². The molecule has 0 spiro atoms. The lowest BCUT2D eigenvalue weighted by Crippen LogP contribution is -2.36. The van der Waals surface area contributed by atoms with Gasteiger partial charge < -0.3 is 10.2 Å². The van der Waals surface area contributed by atoms with Gasteiger partial charge in [0.2, 0.25) is 0 Å². The van der Waals surface area contributed by atoms with Crippen LogP contribution >= 0.6 is 0 Å². The molecule has 27 heavy (non-hydrogen) atoms. The molecule has 132 valence electrons. The molecule has 5 heteroatoms. The van der Waals surface area contributed by atoms with Crippen molar-refractivity contribution < 1.29 is 4.79 Å². The molecule has 0 aliphatic carbocycles. The van der Waals surface area contributed by atoms with E-state index in [2.05, 4.69) is 22.4 Å². The maximum Gasteiger partial charge on any atom is 0.277 e. The quantitative estimate of drug-likeness (QED) is 0.762. The Morgan fingerprint density at radius 2 is 1.93 bits per heavy atom. The van der Waals surface area contributed by atoms with Crippen LogP contribution in [0.15, 0.2) is 66.9 Å². The van der Waals surface area contributed by atoms with E-state index in [1.807, 2.05) is 48.2 Å². The monoisotopic (exact) mass is 354 g/mol. The molecule has 2 heterocycles. The number of carbonyl (C=O) groups excluding carboxylic acids is 1. The summed E-state index contributed by atoms with van der Waals surface area (Å²) in [6.45, 7) is 2.05. The van der Waals surface area contributed by atoms with Crippen molar-refractivity contribution in [3.63, 3.8) is 0 Å². The molecule has 0 fully saturated rings. The Morgan fingerprint density at radius 1 is 1.15 bits per heavy atom. The van der Waals surface area contributed by atoms with Crippen LogP contribution in [0.3, 0.4) is 0 Å². The van der Waals surface area contributed by atoms with E-state index >= 15 is 0 Å². The van der Waals surface area contributed by atoms with Gasteiger partial charge in [0, 0.05) is 11.7 Å². The average Bonchev–Trinajstić information content (AvgIpc) is 3.04. The largest absolute Gasteiger partial charge is 0.353 e. The first-order valence-corrected chi connectivity index (χ1v) is 8.81. The summed E-state index contributed by atoms with van der Waals surface area (Å²) in [5, 5.41) is 12.4. The lowest BCUT2D eigenvalue weighted by atomic mass is 10.1. The normalized spacial score (nSPS) is 15.1. The van der Waals surface area contributed by atoms with Crippen molar-refractivity contribution in [3.8, 4) is 6.07 Å². The smallest absolute Gasteiger partial charge is 0.277 e. The van der Waals surface area contributed by atoms with Gasteiger partial charge in [0.25, 0.3) is 5.91 Å². The van der Waals surface area contributed by atoms with E-state index in [0.717, 1.165) is 17.8 Å². The molecule has 1 N–H and O–H groups in total. The van der Waals surface area contributed by atoms with E-state index < -0.39 is 0 Å². The summed E-state index contributed by atoms with van der Waals surface area (Å²) in [5.41, 5.74) is 4.54. The predicted octanol–water partition coefficient (Wildman–Crippen LogP) is 4.29. The van der Waals surface area contributed by atoms with Crippen molar-refractivity contribution in [1.82, 2.24) is 4.98 Å². The molecule has 5 nitrogen and oxygen atoms in total. The molecular formula is C22H18N4O. The number of nitrogens with one attached hydrogen (secondary N) is 1. The highest BCUT2D eigenvalue weighted by molar-refractivity contribution is 6.06. The number of hydrogen-bond acceptors (Lipinski definition) is 4. The molecule has 0 radical (unpaired) electrons. The molecule has 1 aliphatic heterocycles. The second-order valence-corrected chi connectivity index (χ2v) is 6.57. The number of hydrogen-bond donors (Lipinski definition) is 1. The lowest BCUT2D eigenvalue weighted by molar-refractivity contribution is 0.0976. The first-order chi connectivity index (χ1) is 13.2. The number of rotatable bonds is 3. The topological polar surface area (TPSA) is 69.0 Å². The molecule has 0 bridgehead atoms. The summed E-state index contributed by atoms with van der Waals surface area (Å²) < 4.78 is 0. The maximum absolute atomic E-state index is 13.0. The third kappa shape index (κ3) is 3.13. The van der Waals surface area contributed by atoms with Gasteiger partial charge in [-0.25, -0.2) is 4.98 Å². The summed E-state index contributed by atoms with van der Waals surface area (Å²) in [7, 11) is 0. The molecule has 1 unspecified atom stereocenters. The Balaban J connectivity index is 1.56. The van der Waals surface area contributed by atoms with Crippen molar-refractivity contribution in [2.45, 2.75) is 19.4 Å². The minimum atomic E-state index is -0.101. The minimum absolute atomic E-state index is 0.101. The van der Waals surface area contributed by atoms with Crippen molar-refractivity contribution in [3.05, 3.63) is 83.7 Å². The highest BCUT2D eigenvalue weighted by Gasteiger charge is 2.31. The Kier molecular flexibility index (Phi) is 4.31. The van der Waals surface area contributed by atoms with Gasteiger partial charge in [0.1, 0.15) is 11.8 Å². The van der Waals surface area contributed by atoms with Gasteiger partial charge in [-0.05, 0) is 49.2 Å². The fourth-order valence-corrected chi connectivity index (χ4v) is 3.44. The fourth-order valence-electron chi connectivity index (χ4n) is 3.44. The van der Waals surface area contributed by atoms with Gasteiger partial charge in [-0.3, -0.25) is 4.79 Å². The van der Waals surface area contributed by atoms with Crippen LogP contribution in [0, 0.1) is 11.3 Å². The fraction of sp³-hybridized carbons (Fsp3) is 0.136. The van der Waals surface area contributed by atoms with Gasteiger partial charge in [-0.1, -0.05) is 30.3 Å². The number of nitriles is 1. The maximum atomic E-state index is 13.0. The van der Waals surface area contributed by atoms with Crippen LogP contribution < -0.4 is 10.2 Å². The highest BCUT2D eigenvalue weighted by atomic mass is 16.2. The first kappa shape index (κ1) is 16.8. The number of carbonyl (C=O) groups is 1. The van der Waals surface area contributed by atoms with Crippen molar-refractivity contribution in [2.75, 3.05) is 10.2 Å². The molecule has 4 rings (SSSR count). The van der Waals surface area contributed by atoms with E-state index in [9.17, 15) is 10.1 Å². The molecule has 1 aromatic heterocycles. The summed E-state index contributed by atoms with van der Waals surface area (Å²) >= 11 is 0. The lowest BCUT2D eigenvalue weighted by Gasteiger charge is -2.22. The highest BCUT2D eigenvalue weighted by Crippen LogP contribution is 2.33. The molecule has 1 amide bonds. The molecular weight excluding hydrogens is 336 g/mol. The minimum Gasteiger partial charge on any atom is -0.353 e. The number of aromatic nitrogens is 1. The molecule has 0 saturated carbocycles. The van der Waals surface area contributed by atoms with Gasteiger partial charge in [0.05, 0.1) is 23.1 Å². The number of anilines is 3. The van der Waals surface area contributed by atoms with E-state index in [4.69, 9.17) is 0 Å². The van der Waals surface area contributed by atoms with E-state index in [1.54, 1.807) is 24.4 Å². The average molecular weight is 354 g/mol. The Labute approximate surface area is 157 Å². The van der Waals surface area contributed by atoms with Gasteiger partial charge in [-0.2, -0.15) is 5.26 Å². The van der Waals surface area contributed by atoms with Crippen LogP contribution in [0.1, 0.15) is 28.5 Å². The van der Waals surface area contributed by atoms with Crippen molar-refractivity contribution >= 4 is 23.0 Å². The van der Waals surface area contributed by atoms with Crippen LogP contribution in [0.25, 0.3) is 0 Å². The second-order valence-electron chi connectivity index (χ2n) is 6.57. The number of benzene rings is 2. The van der Waals surface area contributed by atoms with Crippen LogP contribution in [-0.4, -0.2) is 16.9 Å². The SMILES string of the molecule is CC1Cc2ccccc2N1C(=O)c1ccc(Nc2ccccc2C#N)cn1. The summed E-state index contributed by atoms with van der Waals surface area (Å²) in [6, 6.07) is 21.0. The standard InChI is InChI=1S/C22H18N4O/c1-15-12-16-6-3-5-9-21(16)26(15)22(27)20-11-10-18(14-24-20)25-19-8-4-2-7-17(19)13-23/h2-11,14-15,25H,12H2,1H3. The van der Waals surface area contributed by atoms with E-state index in [1.165, 1.54) is 5.56 Å². The number of pyridine rings is 1. The summed E-state index contributed by atoms with van der Waals surface area (Å²) in [5.74, 6) is -0.101. The van der Waals surface area contributed by atoms with Crippen LogP contribution in [-0.2, 0) is 6.42 Å². The second kappa shape index (κ2) is 6.93. The molecule has 1 aliphatic rings. The first-order valence-electron chi connectivity index (χ1n) is 8.81. The number of fused-ring (bicyclic) bond motifs is 1. The predicted molar refractivity (Wildman–Crippen MR) is 105 cm³/mol. The Morgan fingerprint density at radius 3 is 2.70 bits per heavy atom. The van der Waals surface area contributed by atoms with Crippen molar-refractivity contribution in [2.24, 2.45) is 0 Å². The molecule has 1 atom stereocenters. The number of para-hydroxylation sites is 2. The summed E-state index contributed by atoms with van der Waals surface area (Å²) in [6.07, 6.45) is 2.47. The Hall–Kier alpha value is -3.65. The third-order valence-corrected chi connectivity index (χ3v) is 4.74. The van der Waals surface area contributed by atoms with Crippen molar-refractivity contribution in [1.29, 1.82) is 5.26 Å². The zero-order valence-corrected chi connectivity index (χ0v) is 14.9. The van der Waals surface area contributed by atoms with Gasteiger partial charge in [0.15, 0.2) is 0 Å². The van der Waals surface area contributed by atoms with Crippen LogP contribution in [0.2, 0.25) is 0 Å². The summed E-state index contributed by atoms with van der Waals surface area (Å²) in [4.78, 5) is 19.2.